The smallest absolute Gasteiger partial charge is 0.413 e. The standard InChI is InChI=1S/C22H36N6O7S/c1-11(2)9-33-18(31)22(6,7)35-28-15(17(30)26-14-12(8-23)24-16(14)29)13-10-36-19(25-13)27-20(32)34-21(3,4)5/h10-12,14,16,24,29H,8-9,23H2,1-7H3,(H,26,30)(H,25,27,32)/b28-15-/t12-,14+,16?/m1/s1. The number of ether oxygens (including phenoxy) is 2. The van der Waals surface area contributed by atoms with E-state index in [1.807, 2.05) is 13.8 Å². The Morgan fingerprint density at radius 1 is 1.28 bits per heavy atom. The molecule has 1 unspecified atom stereocenters. The zero-order valence-corrected chi connectivity index (χ0v) is 22.4. The van der Waals surface area contributed by atoms with Gasteiger partial charge in [-0.2, -0.15) is 0 Å². The number of amides is 2. The fraction of sp³-hybridized carbons (Fsp3) is 0.682. The van der Waals surface area contributed by atoms with Crippen LogP contribution in [0.2, 0.25) is 0 Å². The van der Waals surface area contributed by atoms with Crippen LogP contribution in [0, 0.1) is 5.92 Å². The fourth-order valence-corrected chi connectivity index (χ4v) is 3.47. The van der Waals surface area contributed by atoms with Crippen LogP contribution in [0.4, 0.5) is 9.93 Å². The Bertz CT molecular complexity index is 972. The number of nitrogens with two attached hydrogens (primary N) is 1. The molecule has 3 atom stereocenters. The molecule has 202 valence electrons. The average molecular weight is 529 g/mol. The molecule has 2 rings (SSSR count). The van der Waals surface area contributed by atoms with Crippen LogP contribution < -0.4 is 21.7 Å². The first-order valence-electron chi connectivity index (χ1n) is 11.5. The molecule has 2 heterocycles. The lowest BCUT2D eigenvalue weighted by molar-refractivity contribution is -0.169. The summed E-state index contributed by atoms with van der Waals surface area (Å²) in [6.45, 7) is 12.2. The van der Waals surface area contributed by atoms with E-state index in [-0.39, 0.29) is 41.6 Å². The van der Waals surface area contributed by atoms with E-state index in [1.54, 1.807) is 20.8 Å². The summed E-state index contributed by atoms with van der Waals surface area (Å²) in [7, 11) is 0. The van der Waals surface area contributed by atoms with Crippen molar-refractivity contribution in [3.8, 4) is 0 Å². The number of nitrogens with one attached hydrogen (secondary N) is 3. The summed E-state index contributed by atoms with van der Waals surface area (Å²) in [4.78, 5) is 47.3. The first kappa shape index (κ1) is 29.4. The molecular formula is C22H36N6O7S. The normalized spacial score (nSPS) is 20.4. The number of aromatic nitrogens is 1. The van der Waals surface area contributed by atoms with Crippen molar-refractivity contribution in [2.24, 2.45) is 16.8 Å². The number of thiazole rings is 1. The van der Waals surface area contributed by atoms with Gasteiger partial charge in [0, 0.05) is 18.0 Å². The highest BCUT2D eigenvalue weighted by Gasteiger charge is 2.41. The van der Waals surface area contributed by atoms with Gasteiger partial charge in [-0.3, -0.25) is 15.4 Å². The summed E-state index contributed by atoms with van der Waals surface area (Å²) in [5.41, 5.74) is 3.22. The van der Waals surface area contributed by atoms with Gasteiger partial charge in [0.15, 0.2) is 10.8 Å². The minimum atomic E-state index is -1.51. The Morgan fingerprint density at radius 2 is 1.94 bits per heavy atom. The number of carbonyl (C=O) groups is 3. The number of esters is 1. The van der Waals surface area contributed by atoms with Crippen LogP contribution in [-0.2, 0) is 23.9 Å². The van der Waals surface area contributed by atoms with E-state index in [0.29, 0.717) is 0 Å². The molecule has 0 radical (unpaired) electrons. The zero-order chi connectivity index (χ0) is 27.3. The van der Waals surface area contributed by atoms with Gasteiger partial charge in [0.25, 0.3) is 5.91 Å². The molecule has 13 nitrogen and oxygen atoms in total. The van der Waals surface area contributed by atoms with Gasteiger partial charge in [0.1, 0.15) is 17.5 Å². The molecule has 2 amide bonds. The third-order valence-electron chi connectivity index (χ3n) is 4.68. The van der Waals surface area contributed by atoms with E-state index >= 15 is 0 Å². The minimum Gasteiger partial charge on any atom is -0.462 e. The summed E-state index contributed by atoms with van der Waals surface area (Å²) in [6, 6.07) is -1.01. The highest BCUT2D eigenvalue weighted by Crippen LogP contribution is 2.20. The predicted octanol–water partition coefficient (Wildman–Crippen LogP) is 0.922. The molecule has 6 N–H and O–H groups in total. The maximum absolute atomic E-state index is 13.1. The molecule has 36 heavy (non-hydrogen) atoms. The van der Waals surface area contributed by atoms with Gasteiger partial charge >= 0.3 is 12.1 Å². The number of anilines is 1. The lowest BCUT2D eigenvalue weighted by Gasteiger charge is -2.42. The molecule has 0 saturated carbocycles. The Hall–Kier alpha value is -2.81. The van der Waals surface area contributed by atoms with Crippen molar-refractivity contribution >= 4 is 40.1 Å². The summed E-state index contributed by atoms with van der Waals surface area (Å²) < 4.78 is 10.4. The number of hydrogen-bond acceptors (Lipinski definition) is 12. The van der Waals surface area contributed by atoms with E-state index < -0.39 is 41.4 Å². The van der Waals surface area contributed by atoms with Crippen LogP contribution in [-0.4, -0.2) is 76.4 Å². The molecule has 0 aliphatic carbocycles. The number of rotatable bonds is 10. The fourth-order valence-electron chi connectivity index (χ4n) is 2.79. The summed E-state index contributed by atoms with van der Waals surface area (Å²) in [6.07, 6.45) is -1.71. The van der Waals surface area contributed by atoms with Crippen LogP contribution in [0.25, 0.3) is 0 Å². The van der Waals surface area contributed by atoms with Crippen LogP contribution in [0.5, 0.6) is 0 Å². The van der Waals surface area contributed by atoms with Crippen LogP contribution in [0.15, 0.2) is 10.5 Å². The molecule has 1 fully saturated rings. The highest BCUT2D eigenvalue weighted by molar-refractivity contribution is 7.14. The highest BCUT2D eigenvalue weighted by atomic mass is 32.1. The Labute approximate surface area is 214 Å². The monoisotopic (exact) mass is 528 g/mol. The van der Waals surface area contributed by atoms with E-state index in [0.717, 1.165) is 11.3 Å². The second kappa shape index (κ2) is 12.0. The number of aliphatic hydroxyl groups excluding tert-OH is 1. The number of oxime groups is 1. The zero-order valence-electron chi connectivity index (χ0n) is 21.6. The average Bonchev–Trinajstić information content (AvgIpc) is 3.20. The number of aliphatic hydroxyl groups is 1. The van der Waals surface area contributed by atoms with Gasteiger partial charge in [0.05, 0.1) is 12.6 Å². The Morgan fingerprint density at radius 3 is 2.50 bits per heavy atom. The molecule has 1 aromatic heterocycles. The van der Waals surface area contributed by atoms with E-state index in [2.05, 4.69) is 26.1 Å². The third-order valence-corrected chi connectivity index (χ3v) is 5.44. The number of hydrogen-bond donors (Lipinski definition) is 5. The van der Waals surface area contributed by atoms with Crippen LogP contribution >= 0.6 is 11.3 Å². The number of nitrogens with zero attached hydrogens (tertiary/aromatic N) is 2. The van der Waals surface area contributed by atoms with Crippen molar-refractivity contribution in [3.63, 3.8) is 0 Å². The molecule has 1 aliphatic heterocycles. The van der Waals surface area contributed by atoms with Crippen molar-refractivity contribution in [2.75, 3.05) is 18.5 Å². The van der Waals surface area contributed by atoms with Gasteiger partial charge in [-0.25, -0.2) is 14.6 Å². The summed E-state index contributed by atoms with van der Waals surface area (Å²) >= 11 is 1.03. The maximum Gasteiger partial charge on any atom is 0.413 e. The second-order valence-corrected chi connectivity index (χ2v) is 11.0. The molecule has 0 bridgehead atoms. The van der Waals surface area contributed by atoms with Crippen molar-refractivity contribution in [2.45, 2.75) is 78.0 Å². The topological polar surface area (TPSA) is 186 Å². The molecular weight excluding hydrogens is 492 g/mol. The quantitative estimate of drug-likeness (QED) is 0.166. The van der Waals surface area contributed by atoms with E-state index in [9.17, 15) is 19.5 Å². The van der Waals surface area contributed by atoms with E-state index in [4.69, 9.17) is 20.0 Å². The molecule has 1 saturated heterocycles. The van der Waals surface area contributed by atoms with Crippen molar-refractivity contribution in [3.05, 3.63) is 11.1 Å². The van der Waals surface area contributed by atoms with Gasteiger partial charge in [-0.05, 0) is 40.5 Å². The lowest BCUT2D eigenvalue weighted by Crippen LogP contribution is -2.74. The summed E-state index contributed by atoms with van der Waals surface area (Å²) in [5.74, 6) is -1.26. The first-order valence-corrected chi connectivity index (χ1v) is 12.3. The Kier molecular flexibility index (Phi) is 9.77. The van der Waals surface area contributed by atoms with Gasteiger partial charge in [-0.1, -0.05) is 19.0 Å². The largest absolute Gasteiger partial charge is 0.462 e. The molecule has 1 aliphatic rings. The lowest BCUT2D eigenvalue weighted by atomic mass is 9.97. The van der Waals surface area contributed by atoms with Gasteiger partial charge in [0.2, 0.25) is 5.60 Å². The molecule has 0 spiro atoms. The predicted molar refractivity (Wildman–Crippen MR) is 133 cm³/mol. The molecule has 1 aromatic rings. The third kappa shape index (κ3) is 8.40. The van der Waals surface area contributed by atoms with Crippen molar-refractivity contribution in [1.82, 2.24) is 15.6 Å². The maximum atomic E-state index is 13.1. The SMILES string of the molecule is CC(C)COC(=O)C(C)(C)O/N=C(\C(=O)N[C@@H]1C(O)N[C@@H]1CN)c1csc(NC(=O)OC(C)(C)C)n1. The second-order valence-electron chi connectivity index (χ2n) is 10.2. The van der Waals surface area contributed by atoms with Crippen molar-refractivity contribution < 1.29 is 33.8 Å². The van der Waals surface area contributed by atoms with E-state index in [1.165, 1.54) is 19.2 Å². The van der Waals surface area contributed by atoms with Crippen LogP contribution in [0.1, 0.15) is 54.2 Å². The van der Waals surface area contributed by atoms with Crippen molar-refractivity contribution in [1.29, 1.82) is 0 Å². The minimum absolute atomic E-state index is 0.0703. The van der Waals surface area contributed by atoms with Gasteiger partial charge < -0.3 is 30.5 Å². The first-order chi connectivity index (χ1) is 16.6. The van der Waals surface area contributed by atoms with Crippen LogP contribution in [0.3, 0.4) is 0 Å². The Balaban J connectivity index is 2.26. The summed E-state index contributed by atoms with van der Waals surface area (Å²) in [5, 5.41) is 23.4. The van der Waals surface area contributed by atoms with Gasteiger partial charge in [-0.15, -0.1) is 11.3 Å². The number of carbonyl (C=O) groups excluding carboxylic acids is 3. The molecule has 0 aromatic carbocycles. The molecule has 14 heteroatoms.